The minimum Gasteiger partial charge on any atom is -0.493 e. The molecule has 1 atom stereocenters. The monoisotopic (exact) mass is 494 g/mol. The molecule has 1 amide bonds. The number of carbonyl (C=O) groups is 2. The molecule has 8 nitrogen and oxygen atoms in total. The van der Waals surface area contributed by atoms with E-state index in [0.717, 1.165) is 12.0 Å². The molecular weight excluding hydrogens is 460 g/mol. The molecule has 3 aromatic rings. The maximum Gasteiger partial charge on any atom is 0.305 e. The van der Waals surface area contributed by atoms with Crippen molar-refractivity contribution < 1.29 is 28.6 Å². The fourth-order valence-electron chi connectivity index (χ4n) is 3.74. The van der Waals surface area contributed by atoms with Crippen LogP contribution in [-0.4, -0.2) is 35.7 Å². The number of methoxy groups -OCH3 is 1. The first-order valence-corrected chi connectivity index (χ1v) is 12.2. The number of aromatic nitrogens is 1. The maximum absolute atomic E-state index is 12.7. The number of aryl methyl sites for hydroxylation is 1. The average molecular weight is 495 g/mol. The zero-order valence-corrected chi connectivity index (χ0v) is 21.2. The minimum atomic E-state index is -1.02. The van der Waals surface area contributed by atoms with Crippen LogP contribution in [0.2, 0.25) is 0 Å². The van der Waals surface area contributed by atoms with Crippen LogP contribution in [0.3, 0.4) is 0 Å². The van der Waals surface area contributed by atoms with Crippen LogP contribution in [-0.2, 0) is 16.0 Å². The van der Waals surface area contributed by atoms with E-state index in [1.54, 1.807) is 24.4 Å². The van der Waals surface area contributed by atoms with Gasteiger partial charge in [0, 0.05) is 18.4 Å². The summed E-state index contributed by atoms with van der Waals surface area (Å²) in [6.07, 6.45) is 2.64. The van der Waals surface area contributed by atoms with E-state index in [4.69, 9.17) is 13.9 Å². The summed E-state index contributed by atoms with van der Waals surface area (Å²) in [6, 6.07) is 12.6. The van der Waals surface area contributed by atoms with Gasteiger partial charge in [-0.1, -0.05) is 51.1 Å². The Hall–Kier alpha value is -3.81. The second-order valence-corrected chi connectivity index (χ2v) is 8.87. The van der Waals surface area contributed by atoms with Gasteiger partial charge in [-0.25, -0.2) is 4.98 Å². The molecule has 2 aromatic carbocycles. The average Bonchev–Trinajstić information content (AvgIpc) is 3.34. The molecule has 36 heavy (non-hydrogen) atoms. The summed E-state index contributed by atoms with van der Waals surface area (Å²) in [6.45, 7) is 6.82. The molecule has 0 fully saturated rings. The largest absolute Gasteiger partial charge is 0.493 e. The van der Waals surface area contributed by atoms with Crippen LogP contribution in [0.4, 0.5) is 0 Å². The lowest BCUT2D eigenvalue weighted by Crippen LogP contribution is -2.30. The van der Waals surface area contributed by atoms with Gasteiger partial charge in [0.2, 0.25) is 5.91 Å². The zero-order valence-electron chi connectivity index (χ0n) is 21.2. The van der Waals surface area contributed by atoms with Gasteiger partial charge in [0.15, 0.2) is 23.1 Å². The molecule has 0 radical (unpaired) electrons. The van der Waals surface area contributed by atoms with Gasteiger partial charge in [-0.05, 0) is 35.6 Å². The highest BCUT2D eigenvalue weighted by Gasteiger charge is 2.20. The number of nitrogens with one attached hydrogen (secondary N) is 1. The molecule has 1 aromatic heterocycles. The van der Waals surface area contributed by atoms with Crippen LogP contribution in [0.1, 0.15) is 69.0 Å². The molecule has 1 heterocycles. The number of hydrogen-bond acceptors (Lipinski definition) is 6. The third-order valence-electron chi connectivity index (χ3n) is 5.75. The van der Waals surface area contributed by atoms with Gasteiger partial charge in [0.05, 0.1) is 32.4 Å². The number of hydrogen-bond donors (Lipinski definition) is 2. The van der Waals surface area contributed by atoms with Gasteiger partial charge < -0.3 is 24.3 Å². The van der Waals surface area contributed by atoms with Crippen molar-refractivity contribution in [2.24, 2.45) is 0 Å². The Kier molecular flexibility index (Phi) is 9.50. The summed E-state index contributed by atoms with van der Waals surface area (Å²) in [5, 5.41) is 12.2. The van der Waals surface area contributed by atoms with Crippen molar-refractivity contribution in [1.82, 2.24) is 10.3 Å². The molecule has 8 heteroatoms. The van der Waals surface area contributed by atoms with E-state index in [1.165, 1.54) is 12.7 Å². The zero-order chi connectivity index (χ0) is 26.1. The molecule has 0 aliphatic heterocycles. The molecule has 192 valence electrons. The molecule has 0 saturated carbocycles. The first kappa shape index (κ1) is 26.8. The summed E-state index contributed by atoms with van der Waals surface area (Å²) < 4.78 is 16.9. The third-order valence-corrected chi connectivity index (χ3v) is 5.75. The van der Waals surface area contributed by atoms with Crippen molar-refractivity contribution in [2.75, 3.05) is 13.7 Å². The van der Waals surface area contributed by atoms with Crippen LogP contribution < -0.4 is 14.8 Å². The highest BCUT2D eigenvalue weighted by atomic mass is 16.5. The van der Waals surface area contributed by atoms with Crippen LogP contribution in [0.5, 0.6) is 11.5 Å². The Morgan fingerprint density at radius 3 is 2.44 bits per heavy atom. The number of amides is 1. The van der Waals surface area contributed by atoms with E-state index in [0.29, 0.717) is 47.7 Å². The normalized spacial score (nSPS) is 11.8. The van der Waals surface area contributed by atoms with Crippen LogP contribution in [0.25, 0.3) is 11.3 Å². The summed E-state index contributed by atoms with van der Waals surface area (Å²) in [5.41, 5.74) is 2.78. The molecular formula is C28H34N2O6. The predicted molar refractivity (Wildman–Crippen MR) is 136 cm³/mol. The summed E-state index contributed by atoms with van der Waals surface area (Å²) in [5.74, 6) is 1.27. The van der Waals surface area contributed by atoms with Crippen LogP contribution >= 0.6 is 0 Å². The summed E-state index contributed by atoms with van der Waals surface area (Å²) in [7, 11) is 1.52. The number of ether oxygens (including phenoxy) is 2. The second-order valence-electron chi connectivity index (χ2n) is 8.87. The Bertz CT molecular complexity index is 1150. The van der Waals surface area contributed by atoms with Crippen LogP contribution in [0.15, 0.2) is 53.1 Å². The molecule has 0 saturated heterocycles. The fourth-order valence-corrected chi connectivity index (χ4v) is 3.74. The lowest BCUT2D eigenvalue weighted by Gasteiger charge is -2.19. The Morgan fingerprint density at radius 2 is 1.81 bits per heavy atom. The van der Waals surface area contributed by atoms with Crippen molar-refractivity contribution in [2.45, 2.75) is 58.4 Å². The summed E-state index contributed by atoms with van der Waals surface area (Å²) in [4.78, 5) is 28.5. The molecule has 0 aliphatic carbocycles. The van der Waals surface area contributed by atoms with E-state index in [-0.39, 0.29) is 18.7 Å². The topological polar surface area (TPSA) is 111 Å². The van der Waals surface area contributed by atoms with Crippen molar-refractivity contribution in [3.05, 3.63) is 65.7 Å². The van der Waals surface area contributed by atoms with Gasteiger partial charge in [-0.2, -0.15) is 0 Å². The van der Waals surface area contributed by atoms with Gasteiger partial charge in [0.1, 0.15) is 0 Å². The number of rotatable bonds is 13. The number of nitrogens with zero attached hydrogens (tertiary/aromatic N) is 1. The Balaban J connectivity index is 1.64. The lowest BCUT2D eigenvalue weighted by atomic mass is 10.0. The molecule has 1 unspecified atom stereocenters. The van der Waals surface area contributed by atoms with E-state index < -0.39 is 12.0 Å². The van der Waals surface area contributed by atoms with Gasteiger partial charge in [-0.3, -0.25) is 9.59 Å². The smallest absolute Gasteiger partial charge is 0.305 e. The van der Waals surface area contributed by atoms with Gasteiger partial charge >= 0.3 is 5.97 Å². The second kappa shape index (κ2) is 12.8. The number of aliphatic carboxylic acids is 1. The van der Waals surface area contributed by atoms with Crippen molar-refractivity contribution >= 4 is 11.9 Å². The summed E-state index contributed by atoms with van der Waals surface area (Å²) >= 11 is 0. The molecule has 0 spiro atoms. The van der Waals surface area contributed by atoms with Crippen molar-refractivity contribution in [3.8, 4) is 22.8 Å². The van der Waals surface area contributed by atoms with Crippen LogP contribution in [0, 0.1) is 0 Å². The molecule has 3 rings (SSSR count). The minimum absolute atomic E-state index is 0.108. The number of carboxylic acids is 1. The number of oxazole rings is 1. The SMILES string of the molecule is CCCOc1ccc(C(CC(=O)O)NC(=O)CCc2ncc(-c3ccc(C(C)C)cc3)o2)cc1OC. The highest BCUT2D eigenvalue weighted by Crippen LogP contribution is 2.31. The highest BCUT2D eigenvalue weighted by molar-refractivity contribution is 5.78. The van der Waals surface area contributed by atoms with E-state index in [2.05, 4.69) is 36.3 Å². The Morgan fingerprint density at radius 1 is 1.08 bits per heavy atom. The maximum atomic E-state index is 12.7. The quantitative estimate of drug-likeness (QED) is 0.321. The first-order valence-electron chi connectivity index (χ1n) is 12.2. The number of carboxylic acid groups (broad SMARTS) is 1. The fraction of sp³-hybridized carbons (Fsp3) is 0.393. The number of carbonyl (C=O) groups excluding carboxylic acids is 1. The van der Waals surface area contributed by atoms with Gasteiger partial charge in [0.25, 0.3) is 0 Å². The lowest BCUT2D eigenvalue weighted by molar-refractivity contribution is -0.137. The number of benzene rings is 2. The van der Waals surface area contributed by atoms with E-state index >= 15 is 0 Å². The van der Waals surface area contributed by atoms with Gasteiger partial charge in [-0.15, -0.1) is 0 Å². The van der Waals surface area contributed by atoms with E-state index in [9.17, 15) is 14.7 Å². The Labute approximate surface area is 211 Å². The molecule has 0 bridgehead atoms. The predicted octanol–water partition coefficient (Wildman–Crippen LogP) is 5.53. The van der Waals surface area contributed by atoms with Crippen molar-refractivity contribution in [3.63, 3.8) is 0 Å². The molecule has 0 aliphatic rings. The third kappa shape index (κ3) is 7.34. The standard InChI is InChI=1S/C28H34N2O6/c1-5-14-35-23-11-10-21(15-24(23)34-4)22(16-28(32)33)30-26(31)12-13-27-29-17-25(36-27)20-8-6-19(7-9-20)18(2)3/h6-11,15,17-18,22H,5,12-14,16H2,1-4H3,(H,30,31)(H,32,33). The first-order chi connectivity index (χ1) is 17.3. The van der Waals surface area contributed by atoms with Crippen molar-refractivity contribution in [1.29, 1.82) is 0 Å². The van der Waals surface area contributed by atoms with E-state index in [1.807, 2.05) is 19.1 Å². The molecule has 2 N–H and O–H groups in total.